The fraction of sp³-hybridized carbons (Fsp3) is 0.480. The van der Waals surface area contributed by atoms with Gasteiger partial charge in [-0.25, -0.2) is 4.79 Å². The lowest BCUT2D eigenvalue weighted by molar-refractivity contribution is 0.0189. The summed E-state index contributed by atoms with van der Waals surface area (Å²) >= 11 is 14.5. The number of rotatable bonds is 2. The van der Waals surface area contributed by atoms with Crippen LogP contribution in [0.15, 0.2) is 36.4 Å². The van der Waals surface area contributed by atoms with E-state index in [2.05, 4.69) is 28.4 Å². The zero-order valence-electron chi connectivity index (χ0n) is 19.1. The zero-order chi connectivity index (χ0) is 23.3. The van der Waals surface area contributed by atoms with Gasteiger partial charge in [-0.15, -0.1) is 11.8 Å². The molecule has 0 radical (unpaired) electrons. The minimum Gasteiger partial charge on any atom is -0.444 e. The van der Waals surface area contributed by atoms with Crippen LogP contribution in [0.4, 0.5) is 16.2 Å². The number of ether oxygens (including phenoxy) is 1. The first-order chi connectivity index (χ1) is 15.7. The molecule has 5 nitrogen and oxygen atoms in total. The molecule has 3 aliphatic rings. The Balaban J connectivity index is 1.44. The first kappa shape index (κ1) is 23.0. The minimum absolute atomic E-state index is 0.0886. The maximum Gasteiger partial charge on any atom is 0.410 e. The molecule has 33 heavy (non-hydrogen) atoms. The van der Waals surface area contributed by atoms with E-state index in [1.165, 1.54) is 16.8 Å². The maximum atomic E-state index is 12.8. The molecular formula is C25H29Cl2N3O2S. The van der Waals surface area contributed by atoms with Gasteiger partial charge in [0.1, 0.15) is 11.0 Å². The van der Waals surface area contributed by atoms with Crippen molar-refractivity contribution in [3.05, 3.63) is 57.6 Å². The second kappa shape index (κ2) is 8.79. The molecule has 3 atom stereocenters. The number of likely N-dealkylation sites (tertiary alicyclic amines) is 1. The van der Waals surface area contributed by atoms with Gasteiger partial charge in [-0.3, -0.25) is 0 Å². The molecule has 3 aliphatic heterocycles. The van der Waals surface area contributed by atoms with E-state index >= 15 is 0 Å². The van der Waals surface area contributed by atoms with Gasteiger partial charge in [-0.1, -0.05) is 41.4 Å². The summed E-state index contributed by atoms with van der Waals surface area (Å²) in [4.78, 5) is 17.2. The quantitative estimate of drug-likeness (QED) is 0.488. The number of halogens is 2. The van der Waals surface area contributed by atoms with Crippen molar-refractivity contribution in [1.82, 2.24) is 4.90 Å². The van der Waals surface area contributed by atoms with E-state index in [1.807, 2.05) is 49.6 Å². The van der Waals surface area contributed by atoms with Crippen molar-refractivity contribution >= 4 is 52.4 Å². The van der Waals surface area contributed by atoms with Crippen LogP contribution in [0.1, 0.15) is 49.6 Å². The zero-order valence-corrected chi connectivity index (χ0v) is 21.4. The Kier molecular flexibility index (Phi) is 6.13. The number of carbonyl (C=O) groups excluding carboxylic acids is 1. The molecule has 1 fully saturated rings. The van der Waals surface area contributed by atoms with E-state index in [4.69, 9.17) is 27.9 Å². The Morgan fingerprint density at radius 1 is 1.15 bits per heavy atom. The smallest absolute Gasteiger partial charge is 0.410 e. The van der Waals surface area contributed by atoms with E-state index in [0.717, 1.165) is 31.0 Å². The summed E-state index contributed by atoms with van der Waals surface area (Å²) in [6.07, 6.45) is 0.737. The van der Waals surface area contributed by atoms with E-state index < -0.39 is 5.60 Å². The summed E-state index contributed by atoms with van der Waals surface area (Å²) < 4.78 is 5.66. The van der Waals surface area contributed by atoms with Crippen LogP contribution in [0.2, 0.25) is 10.0 Å². The summed E-state index contributed by atoms with van der Waals surface area (Å²) in [7, 11) is 0. The normalized spacial score (nSPS) is 24.1. The number of fused-ring (bicyclic) bond motifs is 3. The Labute approximate surface area is 209 Å². The van der Waals surface area contributed by atoms with Crippen molar-refractivity contribution in [2.45, 2.75) is 50.1 Å². The van der Waals surface area contributed by atoms with Gasteiger partial charge < -0.3 is 19.9 Å². The molecule has 2 aromatic carbocycles. The average molecular weight is 506 g/mol. The van der Waals surface area contributed by atoms with Crippen LogP contribution >= 0.6 is 35.0 Å². The monoisotopic (exact) mass is 505 g/mol. The Morgan fingerprint density at radius 3 is 2.70 bits per heavy atom. The average Bonchev–Trinajstić information content (AvgIpc) is 2.94. The molecule has 2 aromatic rings. The fourth-order valence-electron chi connectivity index (χ4n) is 5.20. The number of hydrogen-bond donors (Lipinski definition) is 1. The van der Waals surface area contributed by atoms with Crippen LogP contribution < -0.4 is 10.2 Å². The predicted molar refractivity (Wildman–Crippen MR) is 138 cm³/mol. The third-order valence-electron chi connectivity index (χ3n) is 6.53. The van der Waals surface area contributed by atoms with Crippen LogP contribution in [0.25, 0.3) is 0 Å². The van der Waals surface area contributed by atoms with Crippen LogP contribution in [0.5, 0.6) is 0 Å². The van der Waals surface area contributed by atoms with Gasteiger partial charge in [0, 0.05) is 53.6 Å². The molecule has 1 unspecified atom stereocenters. The third kappa shape index (κ3) is 4.50. The second-order valence-corrected chi connectivity index (χ2v) is 11.9. The summed E-state index contributed by atoms with van der Waals surface area (Å²) in [6.45, 7) is 8.17. The molecule has 0 aromatic heterocycles. The highest BCUT2D eigenvalue weighted by atomic mass is 35.5. The van der Waals surface area contributed by atoms with Crippen molar-refractivity contribution < 1.29 is 9.53 Å². The summed E-state index contributed by atoms with van der Waals surface area (Å²) in [6, 6.07) is 12.6. The van der Waals surface area contributed by atoms with Gasteiger partial charge in [0.25, 0.3) is 0 Å². The number of nitrogens with one attached hydrogen (secondary N) is 1. The second-order valence-electron chi connectivity index (χ2n) is 9.89. The number of hydrogen-bond acceptors (Lipinski definition) is 5. The van der Waals surface area contributed by atoms with E-state index in [-0.39, 0.29) is 11.5 Å². The van der Waals surface area contributed by atoms with Crippen LogP contribution in [0.3, 0.4) is 0 Å². The SMILES string of the molecule is CC(C)(C)OC(=O)N1CC[C@H]2[C@@H](C1)c1cccc3c1N2CCSC3Nc1ccc(Cl)cc1Cl. The molecule has 1 N–H and O–H groups in total. The number of para-hydroxylation sites is 1. The summed E-state index contributed by atoms with van der Waals surface area (Å²) in [5, 5.41) is 4.98. The van der Waals surface area contributed by atoms with E-state index in [1.54, 1.807) is 6.07 Å². The van der Waals surface area contributed by atoms with Gasteiger partial charge in [-0.05, 0) is 51.0 Å². The molecule has 1 saturated heterocycles. The summed E-state index contributed by atoms with van der Waals surface area (Å²) in [5.41, 5.74) is 4.34. The highest BCUT2D eigenvalue weighted by molar-refractivity contribution is 7.99. The Morgan fingerprint density at radius 2 is 1.94 bits per heavy atom. The minimum atomic E-state index is -0.486. The largest absolute Gasteiger partial charge is 0.444 e. The van der Waals surface area contributed by atoms with Crippen molar-refractivity contribution in [2.24, 2.45) is 0 Å². The number of benzene rings is 2. The van der Waals surface area contributed by atoms with E-state index in [9.17, 15) is 4.79 Å². The topological polar surface area (TPSA) is 44.8 Å². The molecule has 0 spiro atoms. The van der Waals surface area contributed by atoms with Crippen molar-refractivity contribution in [2.75, 3.05) is 35.6 Å². The number of amides is 1. The number of anilines is 2. The molecule has 0 saturated carbocycles. The number of carbonyl (C=O) groups is 1. The predicted octanol–water partition coefficient (Wildman–Crippen LogP) is 6.76. The lowest BCUT2D eigenvalue weighted by Gasteiger charge is -2.39. The van der Waals surface area contributed by atoms with Crippen LogP contribution in [0, 0.1) is 0 Å². The Bertz CT molecular complexity index is 1070. The maximum absolute atomic E-state index is 12.8. The van der Waals surface area contributed by atoms with E-state index in [0.29, 0.717) is 28.5 Å². The lowest BCUT2D eigenvalue weighted by Crippen LogP contribution is -2.49. The third-order valence-corrected chi connectivity index (χ3v) is 8.20. The number of thioether (sulfide) groups is 1. The van der Waals surface area contributed by atoms with Crippen molar-refractivity contribution in [3.8, 4) is 0 Å². The number of piperidine rings is 1. The number of nitrogens with zero attached hydrogens (tertiary/aromatic N) is 2. The van der Waals surface area contributed by atoms with Gasteiger partial charge in [-0.2, -0.15) is 0 Å². The lowest BCUT2D eigenvalue weighted by atomic mass is 9.89. The molecule has 3 heterocycles. The molecular weight excluding hydrogens is 477 g/mol. The highest BCUT2D eigenvalue weighted by Crippen LogP contribution is 2.51. The standard InChI is InChI=1S/C25H29Cl2N3O2S/c1-25(2,3)32-24(31)29-10-9-21-18(14-29)16-5-4-6-17-22(16)30(21)11-12-33-23(17)28-20-8-7-15(26)13-19(20)27/h4-8,13,18,21,23,28H,9-12,14H2,1-3H3/t18-,21-,23?/m0/s1. The summed E-state index contributed by atoms with van der Waals surface area (Å²) in [5.74, 6) is 1.31. The van der Waals surface area contributed by atoms with Crippen LogP contribution in [-0.4, -0.2) is 48.0 Å². The van der Waals surface area contributed by atoms with Gasteiger partial charge in [0.05, 0.1) is 10.7 Å². The van der Waals surface area contributed by atoms with Crippen molar-refractivity contribution in [3.63, 3.8) is 0 Å². The first-order valence-electron chi connectivity index (χ1n) is 11.4. The molecule has 8 heteroatoms. The molecule has 0 bridgehead atoms. The van der Waals surface area contributed by atoms with Gasteiger partial charge in [0.2, 0.25) is 0 Å². The highest BCUT2D eigenvalue weighted by Gasteiger charge is 2.45. The van der Waals surface area contributed by atoms with Gasteiger partial charge >= 0.3 is 6.09 Å². The molecule has 1 amide bonds. The fourth-order valence-corrected chi connectivity index (χ4v) is 6.78. The van der Waals surface area contributed by atoms with Crippen LogP contribution in [-0.2, 0) is 4.74 Å². The molecule has 5 rings (SSSR count). The van der Waals surface area contributed by atoms with Crippen molar-refractivity contribution in [1.29, 1.82) is 0 Å². The van der Waals surface area contributed by atoms with Gasteiger partial charge in [0.15, 0.2) is 0 Å². The molecule has 0 aliphatic carbocycles. The Hall–Kier alpha value is -1.76. The molecule has 176 valence electrons. The first-order valence-corrected chi connectivity index (χ1v) is 13.2.